The van der Waals surface area contributed by atoms with Crippen LogP contribution in [-0.4, -0.2) is 5.97 Å². The van der Waals surface area contributed by atoms with Gasteiger partial charge in [0, 0.05) is 6.42 Å². The van der Waals surface area contributed by atoms with Gasteiger partial charge < -0.3 is 4.74 Å². The highest BCUT2D eigenvalue weighted by Gasteiger charge is 2.23. The van der Waals surface area contributed by atoms with Gasteiger partial charge in [-0.25, -0.2) is 0 Å². The second-order valence-electron chi connectivity index (χ2n) is 5.39. The van der Waals surface area contributed by atoms with E-state index in [9.17, 15) is 4.79 Å². The molecule has 0 atom stereocenters. The van der Waals surface area contributed by atoms with Crippen molar-refractivity contribution >= 4 is 5.97 Å². The fourth-order valence-electron chi connectivity index (χ4n) is 2.83. The van der Waals surface area contributed by atoms with E-state index in [1.807, 2.05) is 30.3 Å². The summed E-state index contributed by atoms with van der Waals surface area (Å²) in [4.78, 5) is 11.9. The first-order chi connectivity index (χ1) is 9.81. The van der Waals surface area contributed by atoms with E-state index >= 15 is 0 Å². The molecule has 2 aromatic rings. The van der Waals surface area contributed by atoms with Crippen LogP contribution in [0.25, 0.3) is 0 Å². The van der Waals surface area contributed by atoms with E-state index in [0.717, 1.165) is 18.4 Å². The Balaban J connectivity index is 1.49. The first-order valence-electron chi connectivity index (χ1n) is 7.07. The molecule has 20 heavy (non-hydrogen) atoms. The molecule has 0 saturated carbocycles. The van der Waals surface area contributed by atoms with Crippen molar-refractivity contribution in [1.29, 1.82) is 0 Å². The Bertz CT molecular complexity index is 564. The van der Waals surface area contributed by atoms with Gasteiger partial charge in [0.2, 0.25) is 0 Å². The fraction of sp³-hybridized carbons (Fsp3) is 0.278. The van der Waals surface area contributed by atoms with Gasteiger partial charge in [-0.3, -0.25) is 4.79 Å². The van der Waals surface area contributed by atoms with Gasteiger partial charge in [0.25, 0.3) is 0 Å². The zero-order valence-corrected chi connectivity index (χ0v) is 11.4. The van der Waals surface area contributed by atoms with E-state index in [-0.39, 0.29) is 5.97 Å². The van der Waals surface area contributed by atoms with Crippen LogP contribution in [0, 0.1) is 5.92 Å². The SMILES string of the molecule is O=C(CC1Cc2ccccc2C1)OCc1ccccc1. The van der Waals surface area contributed by atoms with Gasteiger partial charge in [0.1, 0.15) is 6.61 Å². The van der Waals surface area contributed by atoms with Gasteiger partial charge in [0.05, 0.1) is 0 Å². The van der Waals surface area contributed by atoms with Crippen molar-refractivity contribution in [2.75, 3.05) is 0 Å². The lowest BCUT2D eigenvalue weighted by molar-refractivity contribution is -0.146. The number of carbonyl (C=O) groups excluding carboxylic acids is 1. The summed E-state index contributed by atoms with van der Waals surface area (Å²) in [6, 6.07) is 18.3. The first kappa shape index (κ1) is 12.9. The second-order valence-corrected chi connectivity index (χ2v) is 5.39. The molecule has 3 rings (SSSR count). The van der Waals surface area contributed by atoms with E-state index in [4.69, 9.17) is 4.74 Å². The molecule has 2 nitrogen and oxygen atoms in total. The summed E-state index contributed by atoms with van der Waals surface area (Å²) in [6.45, 7) is 0.374. The van der Waals surface area contributed by atoms with Crippen LogP contribution in [-0.2, 0) is 29.0 Å². The topological polar surface area (TPSA) is 26.3 Å². The smallest absolute Gasteiger partial charge is 0.306 e. The highest BCUT2D eigenvalue weighted by atomic mass is 16.5. The molecule has 2 aromatic carbocycles. The Morgan fingerprint density at radius 3 is 2.20 bits per heavy atom. The third kappa shape index (κ3) is 3.08. The van der Waals surface area contributed by atoms with Crippen LogP contribution in [0.1, 0.15) is 23.1 Å². The number of carbonyl (C=O) groups is 1. The van der Waals surface area contributed by atoms with Crippen molar-refractivity contribution in [3.8, 4) is 0 Å². The molecule has 0 aromatic heterocycles. The quantitative estimate of drug-likeness (QED) is 0.791. The normalized spacial score (nSPS) is 14.0. The van der Waals surface area contributed by atoms with Gasteiger partial charge in [-0.2, -0.15) is 0 Å². The number of esters is 1. The molecule has 0 bridgehead atoms. The summed E-state index contributed by atoms with van der Waals surface area (Å²) in [5, 5.41) is 0. The number of hydrogen-bond donors (Lipinski definition) is 0. The van der Waals surface area contributed by atoms with Crippen molar-refractivity contribution in [1.82, 2.24) is 0 Å². The van der Waals surface area contributed by atoms with Crippen molar-refractivity contribution in [2.45, 2.75) is 25.9 Å². The van der Waals surface area contributed by atoms with Gasteiger partial charge in [-0.15, -0.1) is 0 Å². The summed E-state index contributed by atoms with van der Waals surface area (Å²) < 4.78 is 5.35. The predicted octanol–water partition coefficient (Wildman–Crippen LogP) is 3.53. The summed E-state index contributed by atoms with van der Waals surface area (Å²) in [5.74, 6) is 0.308. The molecule has 0 saturated heterocycles. The molecule has 1 aliphatic rings. The minimum Gasteiger partial charge on any atom is -0.461 e. The fourth-order valence-corrected chi connectivity index (χ4v) is 2.83. The molecule has 0 heterocycles. The molecule has 0 N–H and O–H groups in total. The van der Waals surface area contributed by atoms with Crippen LogP contribution >= 0.6 is 0 Å². The number of rotatable bonds is 4. The lowest BCUT2D eigenvalue weighted by Gasteiger charge is -2.09. The Kier molecular flexibility index (Phi) is 3.82. The van der Waals surface area contributed by atoms with Crippen molar-refractivity contribution in [2.24, 2.45) is 5.92 Å². The minimum atomic E-state index is -0.0911. The van der Waals surface area contributed by atoms with E-state index in [1.165, 1.54) is 11.1 Å². The monoisotopic (exact) mass is 266 g/mol. The molecule has 0 unspecified atom stereocenters. The van der Waals surface area contributed by atoms with Gasteiger partial charge in [-0.1, -0.05) is 54.6 Å². The van der Waals surface area contributed by atoms with Gasteiger partial charge in [-0.05, 0) is 35.4 Å². The Hall–Kier alpha value is -2.09. The van der Waals surface area contributed by atoms with E-state index in [1.54, 1.807) is 0 Å². The lowest BCUT2D eigenvalue weighted by Crippen LogP contribution is -2.11. The van der Waals surface area contributed by atoms with Gasteiger partial charge in [0.15, 0.2) is 0 Å². The maximum atomic E-state index is 11.9. The third-order valence-electron chi connectivity index (χ3n) is 3.83. The van der Waals surface area contributed by atoms with Crippen molar-refractivity contribution < 1.29 is 9.53 Å². The minimum absolute atomic E-state index is 0.0911. The van der Waals surface area contributed by atoms with Crippen LogP contribution in [0.2, 0.25) is 0 Å². The van der Waals surface area contributed by atoms with Crippen LogP contribution in [0.5, 0.6) is 0 Å². The number of benzene rings is 2. The van der Waals surface area contributed by atoms with Crippen molar-refractivity contribution in [3.63, 3.8) is 0 Å². The lowest BCUT2D eigenvalue weighted by atomic mass is 10.0. The number of fused-ring (bicyclic) bond motifs is 1. The second kappa shape index (κ2) is 5.91. The molecule has 0 spiro atoms. The maximum Gasteiger partial charge on any atom is 0.306 e. The number of hydrogen-bond acceptors (Lipinski definition) is 2. The summed E-state index contributed by atoms with van der Waals surface area (Å²) in [7, 11) is 0. The predicted molar refractivity (Wildman–Crippen MR) is 78.2 cm³/mol. The molecular formula is C18H18O2. The molecule has 0 fully saturated rings. The maximum absolute atomic E-state index is 11.9. The summed E-state index contributed by atoms with van der Waals surface area (Å²) >= 11 is 0. The van der Waals surface area contributed by atoms with Crippen LogP contribution in [0.4, 0.5) is 0 Å². The molecule has 2 heteroatoms. The van der Waals surface area contributed by atoms with Crippen LogP contribution in [0.3, 0.4) is 0 Å². The molecule has 1 aliphatic carbocycles. The Morgan fingerprint density at radius 1 is 0.950 bits per heavy atom. The van der Waals surface area contributed by atoms with E-state index < -0.39 is 0 Å². The molecule has 0 aliphatic heterocycles. The molecule has 0 radical (unpaired) electrons. The zero-order chi connectivity index (χ0) is 13.8. The highest BCUT2D eigenvalue weighted by molar-refractivity contribution is 5.70. The molecule has 102 valence electrons. The standard InChI is InChI=1S/C18H18O2/c19-18(20-13-14-6-2-1-3-7-14)12-15-10-16-8-4-5-9-17(16)11-15/h1-9,15H,10-13H2. The molecule has 0 amide bonds. The first-order valence-corrected chi connectivity index (χ1v) is 7.07. The van der Waals surface area contributed by atoms with Crippen LogP contribution in [0.15, 0.2) is 54.6 Å². The van der Waals surface area contributed by atoms with Crippen LogP contribution < -0.4 is 0 Å². The van der Waals surface area contributed by atoms with Gasteiger partial charge >= 0.3 is 5.97 Å². The third-order valence-corrected chi connectivity index (χ3v) is 3.83. The molecular weight excluding hydrogens is 248 g/mol. The average molecular weight is 266 g/mol. The van der Waals surface area contributed by atoms with E-state index in [2.05, 4.69) is 24.3 Å². The number of ether oxygens (including phenoxy) is 1. The Morgan fingerprint density at radius 2 is 1.55 bits per heavy atom. The van der Waals surface area contributed by atoms with E-state index in [0.29, 0.717) is 18.9 Å². The zero-order valence-electron chi connectivity index (χ0n) is 11.4. The largest absolute Gasteiger partial charge is 0.461 e. The highest BCUT2D eigenvalue weighted by Crippen LogP contribution is 2.28. The Labute approximate surface area is 119 Å². The average Bonchev–Trinajstić information content (AvgIpc) is 2.88. The van der Waals surface area contributed by atoms with Crippen molar-refractivity contribution in [3.05, 3.63) is 71.3 Å². The summed E-state index contributed by atoms with van der Waals surface area (Å²) in [5.41, 5.74) is 3.80. The summed E-state index contributed by atoms with van der Waals surface area (Å²) in [6.07, 6.45) is 2.51.